The molecule has 1 amide bonds. The molecule has 174 valence electrons. The number of hydrogen-bond acceptors (Lipinski definition) is 3. The number of halogens is 1. The van der Waals surface area contributed by atoms with Gasteiger partial charge in [-0.2, -0.15) is 0 Å². The van der Waals surface area contributed by atoms with Gasteiger partial charge in [0.1, 0.15) is 0 Å². The van der Waals surface area contributed by atoms with E-state index in [4.69, 9.17) is 0 Å². The fourth-order valence-corrected chi connectivity index (χ4v) is 3.85. The van der Waals surface area contributed by atoms with Crippen LogP contribution in [-0.2, 0) is 17.6 Å². The van der Waals surface area contributed by atoms with Crippen LogP contribution in [0.3, 0.4) is 0 Å². The summed E-state index contributed by atoms with van der Waals surface area (Å²) in [4.78, 5) is 18.9. The minimum absolute atomic E-state index is 0. The molecule has 2 unspecified atom stereocenters. The standard InChI is InChI=1S/C25H34N4O2.HI/c1-2-26-25(28-18-23(30)15-21-11-7-4-8-12-21)27-17-22-16-24(31)29(19-22)14-13-20-9-5-3-6-10-20;/h3-12,22-23,30H,2,13-19H2,1H3,(H2,26,27,28);1H. The fraction of sp³-hybridized carbons (Fsp3) is 0.440. The summed E-state index contributed by atoms with van der Waals surface area (Å²) in [6.07, 6.45) is 1.50. The minimum atomic E-state index is -0.528. The number of carbonyl (C=O) groups excluding carboxylic acids is 1. The topological polar surface area (TPSA) is 77.0 Å². The smallest absolute Gasteiger partial charge is 0.223 e. The zero-order valence-electron chi connectivity index (χ0n) is 18.7. The Hall–Kier alpha value is -2.13. The summed E-state index contributed by atoms with van der Waals surface area (Å²) in [5, 5.41) is 16.9. The van der Waals surface area contributed by atoms with E-state index >= 15 is 0 Å². The first-order valence-electron chi connectivity index (χ1n) is 11.2. The summed E-state index contributed by atoms with van der Waals surface area (Å²) in [6, 6.07) is 20.2. The number of nitrogens with one attached hydrogen (secondary N) is 2. The molecule has 0 aliphatic carbocycles. The number of likely N-dealkylation sites (tertiary alicyclic amines) is 1. The average molecular weight is 550 g/mol. The van der Waals surface area contributed by atoms with Gasteiger partial charge in [-0.3, -0.25) is 9.79 Å². The molecule has 2 atom stereocenters. The first-order chi connectivity index (χ1) is 15.1. The molecule has 3 rings (SSSR count). The maximum Gasteiger partial charge on any atom is 0.223 e. The second-order valence-electron chi connectivity index (χ2n) is 8.09. The van der Waals surface area contributed by atoms with Crippen molar-refractivity contribution < 1.29 is 9.90 Å². The summed E-state index contributed by atoms with van der Waals surface area (Å²) < 4.78 is 0. The van der Waals surface area contributed by atoms with E-state index in [1.807, 2.05) is 60.4 Å². The largest absolute Gasteiger partial charge is 0.391 e. The predicted octanol–water partition coefficient (Wildman–Crippen LogP) is 2.85. The quantitative estimate of drug-likeness (QED) is 0.242. The Morgan fingerprint density at radius 3 is 2.41 bits per heavy atom. The number of aliphatic hydroxyl groups excluding tert-OH is 1. The van der Waals surface area contributed by atoms with Crippen LogP contribution in [0.15, 0.2) is 65.7 Å². The number of amides is 1. The number of carbonyl (C=O) groups is 1. The Morgan fingerprint density at radius 2 is 1.75 bits per heavy atom. The molecule has 1 aliphatic heterocycles. The molecule has 0 aromatic heterocycles. The average Bonchev–Trinajstić information content (AvgIpc) is 3.15. The molecule has 1 aliphatic rings. The lowest BCUT2D eigenvalue weighted by Gasteiger charge is -2.18. The van der Waals surface area contributed by atoms with Gasteiger partial charge in [0.05, 0.1) is 12.6 Å². The molecular formula is C25H35IN4O2. The monoisotopic (exact) mass is 550 g/mol. The number of nitrogens with zero attached hydrogens (tertiary/aromatic N) is 2. The van der Waals surface area contributed by atoms with Gasteiger partial charge in [-0.1, -0.05) is 60.7 Å². The van der Waals surface area contributed by atoms with Gasteiger partial charge in [0.2, 0.25) is 5.91 Å². The molecule has 6 nitrogen and oxygen atoms in total. The second-order valence-corrected chi connectivity index (χ2v) is 8.09. The van der Waals surface area contributed by atoms with E-state index in [0.717, 1.165) is 31.6 Å². The van der Waals surface area contributed by atoms with Crippen LogP contribution in [0.1, 0.15) is 24.5 Å². The summed E-state index contributed by atoms with van der Waals surface area (Å²) in [5.41, 5.74) is 2.36. The van der Waals surface area contributed by atoms with Crippen molar-refractivity contribution in [2.75, 3.05) is 32.7 Å². The van der Waals surface area contributed by atoms with Crippen LogP contribution >= 0.6 is 24.0 Å². The normalized spacial score (nSPS) is 17.1. The Labute approximate surface area is 208 Å². The molecule has 0 spiro atoms. The summed E-state index contributed by atoms with van der Waals surface area (Å²) in [5.74, 6) is 1.18. The van der Waals surface area contributed by atoms with E-state index < -0.39 is 6.10 Å². The lowest BCUT2D eigenvalue weighted by atomic mass is 10.1. The lowest BCUT2D eigenvalue weighted by molar-refractivity contribution is -0.127. The lowest BCUT2D eigenvalue weighted by Crippen LogP contribution is -2.41. The van der Waals surface area contributed by atoms with E-state index in [-0.39, 0.29) is 35.8 Å². The Kier molecular flexibility index (Phi) is 11.5. The molecule has 1 fully saturated rings. The zero-order chi connectivity index (χ0) is 21.9. The second kappa shape index (κ2) is 14.1. The van der Waals surface area contributed by atoms with Crippen LogP contribution in [0.25, 0.3) is 0 Å². The van der Waals surface area contributed by atoms with Gasteiger partial charge in [-0.05, 0) is 24.5 Å². The molecule has 3 N–H and O–H groups in total. The van der Waals surface area contributed by atoms with Crippen LogP contribution in [0.4, 0.5) is 0 Å². The van der Waals surface area contributed by atoms with Crippen LogP contribution in [-0.4, -0.2) is 60.7 Å². The Morgan fingerprint density at radius 1 is 1.09 bits per heavy atom. The number of aliphatic imine (C=N–C) groups is 1. The number of benzene rings is 2. The third-order valence-electron chi connectivity index (χ3n) is 5.48. The molecule has 32 heavy (non-hydrogen) atoms. The van der Waals surface area contributed by atoms with E-state index in [9.17, 15) is 9.90 Å². The molecule has 7 heteroatoms. The van der Waals surface area contributed by atoms with Gasteiger partial charge in [0.15, 0.2) is 5.96 Å². The van der Waals surface area contributed by atoms with Crippen molar-refractivity contribution in [2.24, 2.45) is 10.9 Å². The Balaban J connectivity index is 0.00000363. The molecule has 1 heterocycles. The number of hydrogen-bond donors (Lipinski definition) is 3. The van der Waals surface area contributed by atoms with Crippen LogP contribution < -0.4 is 10.6 Å². The van der Waals surface area contributed by atoms with Crippen LogP contribution in [0.2, 0.25) is 0 Å². The van der Waals surface area contributed by atoms with Crippen molar-refractivity contribution in [3.8, 4) is 0 Å². The molecule has 0 saturated carbocycles. The first kappa shape index (κ1) is 26.1. The molecule has 0 radical (unpaired) electrons. The van der Waals surface area contributed by atoms with Gasteiger partial charge in [-0.25, -0.2) is 0 Å². The van der Waals surface area contributed by atoms with Crippen molar-refractivity contribution in [1.29, 1.82) is 0 Å². The third-order valence-corrected chi connectivity index (χ3v) is 5.48. The summed E-state index contributed by atoms with van der Waals surface area (Å²) in [6.45, 7) is 5.31. The highest BCUT2D eigenvalue weighted by atomic mass is 127. The van der Waals surface area contributed by atoms with Crippen LogP contribution in [0.5, 0.6) is 0 Å². The number of aliphatic hydroxyl groups is 1. The molecule has 1 saturated heterocycles. The van der Waals surface area contributed by atoms with Crippen molar-refractivity contribution in [3.63, 3.8) is 0 Å². The molecule has 0 bridgehead atoms. The first-order valence-corrected chi connectivity index (χ1v) is 11.2. The minimum Gasteiger partial charge on any atom is -0.391 e. The van der Waals surface area contributed by atoms with Crippen LogP contribution in [0, 0.1) is 5.92 Å². The molecule has 2 aromatic carbocycles. The maximum atomic E-state index is 12.4. The van der Waals surface area contributed by atoms with Gasteiger partial charge in [-0.15, -0.1) is 24.0 Å². The highest BCUT2D eigenvalue weighted by Gasteiger charge is 2.29. The third kappa shape index (κ3) is 8.78. The van der Waals surface area contributed by atoms with Crippen molar-refractivity contribution in [2.45, 2.75) is 32.3 Å². The summed E-state index contributed by atoms with van der Waals surface area (Å²) >= 11 is 0. The molecule has 2 aromatic rings. The highest BCUT2D eigenvalue weighted by molar-refractivity contribution is 14.0. The highest BCUT2D eigenvalue weighted by Crippen LogP contribution is 2.17. The van der Waals surface area contributed by atoms with Gasteiger partial charge in [0.25, 0.3) is 0 Å². The number of rotatable bonds is 10. The van der Waals surface area contributed by atoms with Crippen molar-refractivity contribution >= 4 is 35.8 Å². The van der Waals surface area contributed by atoms with E-state index in [2.05, 4.69) is 27.8 Å². The predicted molar refractivity (Wildman–Crippen MR) is 140 cm³/mol. The van der Waals surface area contributed by atoms with Gasteiger partial charge in [0, 0.05) is 44.9 Å². The van der Waals surface area contributed by atoms with Crippen molar-refractivity contribution in [1.82, 2.24) is 15.5 Å². The van der Waals surface area contributed by atoms with Gasteiger partial charge >= 0.3 is 0 Å². The van der Waals surface area contributed by atoms with E-state index in [1.165, 1.54) is 5.56 Å². The zero-order valence-corrected chi connectivity index (χ0v) is 21.1. The SMILES string of the molecule is CCNC(=NCC(O)Cc1ccccc1)NCC1CC(=O)N(CCc2ccccc2)C1.I. The van der Waals surface area contributed by atoms with E-state index in [0.29, 0.717) is 31.9 Å². The number of guanidine groups is 1. The summed E-state index contributed by atoms with van der Waals surface area (Å²) in [7, 11) is 0. The van der Waals surface area contributed by atoms with Gasteiger partial charge < -0.3 is 20.6 Å². The fourth-order valence-electron chi connectivity index (χ4n) is 3.85. The maximum absolute atomic E-state index is 12.4. The molecular weight excluding hydrogens is 515 g/mol. The van der Waals surface area contributed by atoms with E-state index in [1.54, 1.807) is 0 Å². The Bertz CT molecular complexity index is 832. The van der Waals surface area contributed by atoms with Crippen molar-refractivity contribution in [3.05, 3.63) is 71.8 Å².